The maximum absolute atomic E-state index is 5.05. The van der Waals surface area contributed by atoms with Gasteiger partial charge in [0.05, 0.1) is 0 Å². The van der Waals surface area contributed by atoms with Crippen LogP contribution in [-0.2, 0) is 18.4 Å². The van der Waals surface area contributed by atoms with Crippen LogP contribution in [0.15, 0.2) is 73.1 Å². The molecule has 1 heterocycles. The Bertz CT molecular complexity index is 1040. The van der Waals surface area contributed by atoms with Crippen molar-refractivity contribution in [2.45, 2.75) is 161 Å². The molecule has 232 valence electrons. The molecule has 0 saturated heterocycles. The summed E-state index contributed by atoms with van der Waals surface area (Å²) in [4.78, 5) is 5.05. The van der Waals surface area contributed by atoms with Crippen LogP contribution in [0.1, 0.15) is 159 Å². The van der Waals surface area contributed by atoms with Crippen molar-refractivity contribution in [1.82, 2.24) is 9.55 Å². The van der Waals surface area contributed by atoms with Crippen molar-refractivity contribution in [1.29, 1.82) is 0 Å². The quantitative estimate of drug-likeness (QED) is 0.0979. The van der Waals surface area contributed by atoms with E-state index in [1.807, 2.05) is 6.20 Å². The zero-order valence-corrected chi connectivity index (χ0v) is 27.5. The average Bonchev–Trinajstić information content (AvgIpc) is 3.48. The number of aryl methyl sites for hydroxylation is 1. The van der Waals surface area contributed by atoms with E-state index in [2.05, 4.69) is 92.2 Å². The number of unbranched alkanes of at least 4 members (excludes halogenated alkanes) is 15. The van der Waals surface area contributed by atoms with E-state index in [9.17, 15) is 0 Å². The summed E-state index contributed by atoms with van der Waals surface area (Å²) in [6, 6.07) is 22.4. The van der Waals surface area contributed by atoms with Gasteiger partial charge in [-0.1, -0.05) is 184 Å². The van der Waals surface area contributed by atoms with Gasteiger partial charge in [-0.3, -0.25) is 0 Å². The first-order valence-electron chi connectivity index (χ1n) is 17.8. The average molecular weight is 571 g/mol. The van der Waals surface area contributed by atoms with Gasteiger partial charge in [0.25, 0.3) is 0 Å². The summed E-state index contributed by atoms with van der Waals surface area (Å²) in [6.07, 6.45) is 30.0. The summed E-state index contributed by atoms with van der Waals surface area (Å²) in [5, 5.41) is 0. The molecule has 3 aromatic rings. The lowest BCUT2D eigenvalue weighted by Crippen LogP contribution is -2.35. The van der Waals surface area contributed by atoms with Gasteiger partial charge in [0.15, 0.2) is 0 Å². The highest BCUT2D eigenvalue weighted by molar-refractivity contribution is 5.33. The third-order valence-corrected chi connectivity index (χ3v) is 9.52. The zero-order chi connectivity index (χ0) is 29.7. The van der Waals surface area contributed by atoms with Crippen molar-refractivity contribution < 1.29 is 0 Å². The summed E-state index contributed by atoms with van der Waals surface area (Å²) in [5.41, 5.74) is 2.83. The van der Waals surface area contributed by atoms with Crippen molar-refractivity contribution in [3.63, 3.8) is 0 Å². The van der Waals surface area contributed by atoms with E-state index in [1.165, 1.54) is 133 Å². The number of benzene rings is 2. The van der Waals surface area contributed by atoms with Gasteiger partial charge in [-0.25, -0.2) is 4.98 Å². The Kier molecular flexibility index (Phi) is 16.7. The molecule has 0 aliphatic carbocycles. The number of imidazole rings is 1. The molecule has 0 amide bonds. The molecule has 0 bridgehead atoms. The van der Waals surface area contributed by atoms with Gasteiger partial charge in [0.1, 0.15) is 5.82 Å². The van der Waals surface area contributed by atoms with E-state index in [4.69, 9.17) is 4.98 Å². The van der Waals surface area contributed by atoms with E-state index >= 15 is 0 Å². The standard InChI is InChI=1S/C40H62N2/c1-4-6-8-9-10-11-12-13-14-15-16-17-18-19-26-31-38(39-41-32-34-42(39)33-7-5-2)40(3,37-29-24-21-25-30-37)35-36-27-22-20-23-28-36/h20-25,27-30,32,34,38H,4-19,26,31,33,35H2,1-3H3. The maximum Gasteiger partial charge on any atom is 0.112 e. The fourth-order valence-electron chi connectivity index (χ4n) is 6.87. The van der Waals surface area contributed by atoms with E-state index in [0.29, 0.717) is 5.92 Å². The fraction of sp³-hybridized carbons (Fsp3) is 0.625. The van der Waals surface area contributed by atoms with Crippen molar-refractivity contribution in [3.8, 4) is 0 Å². The summed E-state index contributed by atoms with van der Waals surface area (Å²) in [6.45, 7) is 8.16. The van der Waals surface area contributed by atoms with E-state index in [1.54, 1.807) is 0 Å². The Morgan fingerprint density at radius 1 is 0.619 bits per heavy atom. The van der Waals surface area contributed by atoms with Crippen LogP contribution >= 0.6 is 0 Å². The lowest BCUT2D eigenvalue weighted by atomic mass is 9.66. The molecule has 0 spiro atoms. The molecular formula is C40H62N2. The van der Waals surface area contributed by atoms with Gasteiger partial charge in [-0.15, -0.1) is 0 Å². The van der Waals surface area contributed by atoms with Gasteiger partial charge in [0.2, 0.25) is 0 Å². The molecule has 0 saturated carbocycles. The number of aromatic nitrogens is 2. The second-order valence-electron chi connectivity index (χ2n) is 13.1. The van der Waals surface area contributed by atoms with Crippen LogP contribution in [0, 0.1) is 0 Å². The normalized spacial score (nSPS) is 13.7. The molecule has 0 N–H and O–H groups in total. The van der Waals surface area contributed by atoms with Crippen LogP contribution in [0.3, 0.4) is 0 Å². The third-order valence-electron chi connectivity index (χ3n) is 9.52. The van der Waals surface area contributed by atoms with Crippen LogP contribution in [0.5, 0.6) is 0 Å². The maximum atomic E-state index is 5.05. The molecule has 0 aliphatic heterocycles. The highest BCUT2D eigenvalue weighted by Crippen LogP contribution is 2.44. The predicted molar refractivity (Wildman–Crippen MR) is 183 cm³/mol. The Hall–Kier alpha value is -2.35. The molecule has 2 heteroatoms. The van der Waals surface area contributed by atoms with Gasteiger partial charge in [0, 0.05) is 30.3 Å². The molecule has 0 fully saturated rings. The Balaban J connectivity index is 1.55. The van der Waals surface area contributed by atoms with Crippen molar-refractivity contribution >= 4 is 0 Å². The first-order chi connectivity index (χ1) is 20.7. The van der Waals surface area contributed by atoms with Gasteiger partial charge >= 0.3 is 0 Å². The molecule has 0 radical (unpaired) electrons. The summed E-state index contributed by atoms with van der Waals surface area (Å²) >= 11 is 0. The summed E-state index contributed by atoms with van der Waals surface area (Å²) in [5.74, 6) is 1.67. The van der Waals surface area contributed by atoms with Crippen molar-refractivity contribution in [3.05, 3.63) is 90.0 Å². The fourth-order valence-corrected chi connectivity index (χ4v) is 6.87. The van der Waals surface area contributed by atoms with Crippen LogP contribution in [0.4, 0.5) is 0 Å². The number of nitrogens with zero attached hydrogens (tertiary/aromatic N) is 2. The minimum Gasteiger partial charge on any atom is -0.335 e. The topological polar surface area (TPSA) is 17.8 Å². The van der Waals surface area contributed by atoms with E-state index in [-0.39, 0.29) is 5.41 Å². The number of rotatable bonds is 24. The highest BCUT2D eigenvalue weighted by atomic mass is 15.1. The van der Waals surface area contributed by atoms with Crippen LogP contribution < -0.4 is 0 Å². The minimum atomic E-state index is -0.0199. The third kappa shape index (κ3) is 11.7. The molecule has 1 aromatic heterocycles. The Labute approximate surface area is 259 Å². The molecule has 0 aliphatic rings. The number of hydrogen-bond donors (Lipinski definition) is 0. The summed E-state index contributed by atoms with van der Waals surface area (Å²) < 4.78 is 2.46. The van der Waals surface area contributed by atoms with Gasteiger partial charge in [-0.05, 0) is 30.4 Å². The molecule has 3 rings (SSSR count). The molecule has 42 heavy (non-hydrogen) atoms. The minimum absolute atomic E-state index is 0.0199. The monoisotopic (exact) mass is 570 g/mol. The van der Waals surface area contributed by atoms with E-state index in [0.717, 1.165) is 13.0 Å². The second kappa shape index (κ2) is 20.5. The lowest BCUT2D eigenvalue weighted by Gasteiger charge is -2.39. The van der Waals surface area contributed by atoms with Gasteiger partial charge < -0.3 is 4.57 Å². The van der Waals surface area contributed by atoms with Crippen LogP contribution in [0.2, 0.25) is 0 Å². The van der Waals surface area contributed by atoms with Crippen molar-refractivity contribution in [2.75, 3.05) is 0 Å². The van der Waals surface area contributed by atoms with Crippen LogP contribution in [0.25, 0.3) is 0 Å². The number of hydrogen-bond acceptors (Lipinski definition) is 1. The smallest absolute Gasteiger partial charge is 0.112 e. The lowest BCUT2D eigenvalue weighted by molar-refractivity contribution is 0.321. The SMILES string of the molecule is CCCCCCCCCCCCCCCCCC(c1nccn1CCCC)C(C)(Cc1ccccc1)c1ccccc1. The molecule has 2 atom stereocenters. The zero-order valence-electron chi connectivity index (χ0n) is 27.5. The molecular weight excluding hydrogens is 508 g/mol. The van der Waals surface area contributed by atoms with Gasteiger partial charge in [-0.2, -0.15) is 0 Å². The second-order valence-corrected chi connectivity index (χ2v) is 13.1. The largest absolute Gasteiger partial charge is 0.335 e. The summed E-state index contributed by atoms with van der Waals surface area (Å²) in [7, 11) is 0. The molecule has 2 unspecified atom stereocenters. The predicted octanol–water partition coefficient (Wildman–Crippen LogP) is 12.2. The van der Waals surface area contributed by atoms with Crippen LogP contribution in [-0.4, -0.2) is 9.55 Å². The van der Waals surface area contributed by atoms with E-state index < -0.39 is 0 Å². The molecule has 2 aromatic carbocycles. The molecule has 2 nitrogen and oxygen atoms in total. The first kappa shape index (κ1) is 34.1. The Morgan fingerprint density at radius 3 is 1.67 bits per heavy atom. The van der Waals surface area contributed by atoms with Crippen molar-refractivity contribution in [2.24, 2.45) is 0 Å². The first-order valence-corrected chi connectivity index (χ1v) is 17.8. The Morgan fingerprint density at radius 2 is 1.12 bits per heavy atom. The highest BCUT2D eigenvalue weighted by Gasteiger charge is 2.39.